The van der Waals surface area contributed by atoms with Crippen LogP contribution in [0.4, 0.5) is 5.95 Å². The number of piperazine rings is 1. The van der Waals surface area contributed by atoms with Gasteiger partial charge in [-0.25, -0.2) is 9.97 Å². The Bertz CT molecular complexity index is 607. The van der Waals surface area contributed by atoms with Crippen LogP contribution in [0.5, 0.6) is 5.75 Å². The van der Waals surface area contributed by atoms with Crippen molar-refractivity contribution < 1.29 is 9.84 Å². The van der Waals surface area contributed by atoms with Crippen LogP contribution in [0.3, 0.4) is 0 Å². The molecule has 0 unspecified atom stereocenters. The number of anilines is 1. The number of aliphatic hydroxyl groups is 1. The Hall–Kier alpha value is -2.18. The van der Waals surface area contributed by atoms with E-state index in [0.717, 1.165) is 55.5 Å². The van der Waals surface area contributed by atoms with Gasteiger partial charge in [-0.15, -0.1) is 0 Å². The number of aliphatic hydroxyl groups excluding tert-OH is 1. The zero-order chi connectivity index (χ0) is 16.1. The molecule has 3 rings (SSSR count). The molecule has 1 saturated heterocycles. The van der Waals surface area contributed by atoms with Crippen LogP contribution in [-0.4, -0.2) is 66.4 Å². The molecular formula is C17H22N4O2. The lowest BCUT2D eigenvalue weighted by atomic mass is 10.1. The number of ether oxygens (including phenoxy) is 1. The highest BCUT2D eigenvalue weighted by atomic mass is 16.5. The maximum absolute atomic E-state index is 8.99. The standard InChI is InChI=1S/C17H22N4O2/c1-23-16-4-2-14(3-5-16)15-12-18-17(19-13-15)21-8-6-20(7-9-21)10-11-22/h2-5,12-13,22H,6-11H2,1H3. The molecule has 0 aliphatic carbocycles. The first-order valence-corrected chi connectivity index (χ1v) is 7.85. The van der Waals surface area contributed by atoms with Crippen LogP contribution < -0.4 is 9.64 Å². The second-order valence-electron chi connectivity index (χ2n) is 5.55. The van der Waals surface area contributed by atoms with E-state index in [2.05, 4.69) is 19.8 Å². The van der Waals surface area contributed by atoms with Crippen molar-refractivity contribution in [3.05, 3.63) is 36.7 Å². The Morgan fingerprint density at radius 3 is 2.22 bits per heavy atom. The molecule has 2 aromatic rings. The lowest BCUT2D eigenvalue weighted by Gasteiger charge is -2.34. The van der Waals surface area contributed by atoms with Crippen LogP contribution in [0.25, 0.3) is 11.1 Å². The van der Waals surface area contributed by atoms with Crippen molar-refractivity contribution in [3.8, 4) is 16.9 Å². The van der Waals surface area contributed by atoms with Crippen LogP contribution in [0.1, 0.15) is 0 Å². The van der Waals surface area contributed by atoms with E-state index < -0.39 is 0 Å². The summed E-state index contributed by atoms with van der Waals surface area (Å²) in [5, 5.41) is 8.99. The third kappa shape index (κ3) is 3.78. The fourth-order valence-electron chi connectivity index (χ4n) is 2.73. The monoisotopic (exact) mass is 314 g/mol. The molecule has 0 saturated carbocycles. The average Bonchev–Trinajstić information content (AvgIpc) is 2.63. The maximum atomic E-state index is 8.99. The van der Waals surface area contributed by atoms with E-state index in [1.807, 2.05) is 36.7 Å². The average molecular weight is 314 g/mol. The Morgan fingerprint density at radius 2 is 1.65 bits per heavy atom. The van der Waals surface area contributed by atoms with Gasteiger partial charge in [0.15, 0.2) is 0 Å². The molecule has 2 heterocycles. The lowest BCUT2D eigenvalue weighted by Crippen LogP contribution is -2.47. The Labute approximate surface area is 136 Å². The molecule has 0 bridgehead atoms. The Balaban J connectivity index is 1.65. The van der Waals surface area contributed by atoms with Crippen LogP contribution >= 0.6 is 0 Å². The van der Waals surface area contributed by atoms with Crippen LogP contribution in [0, 0.1) is 0 Å². The summed E-state index contributed by atoms with van der Waals surface area (Å²) in [5.41, 5.74) is 2.07. The van der Waals surface area contributed by atoms with Crippen LogP contribution in [0.2, 0.25) is 0 Å². The largest absolute Gasteiger partial charge is 0.497 e. The second-order valence-corrected chi connectivity index (χ2v) is 5.55. The first kappa shape index (κ1) is 15.7. The molecule has 23 heavy (non-hydrogen) atoms. The van der Waals surface area contributed by atoms with Crippen molar-refractivity contribution in [3.63, 3.8) is 0 Å². The highest BCUT2D eigenvalue weighted by molar-refractivity contribution is 5.62. The van der Waals surface area contributed by atoms with Gasteiger partial charge in [-0.2, -0.15) is 0 Å². The number of hydrogen-bond acceptors (Lipinski definition) is 6. The predicted molar refractivity (Wildman–Crippen MR) is 89.8 cm³/mol. The summed E-state index contributed by atoms with van der Waals surface area (Å²) < 4.78 is 5.17. The molecule has 1 aromatic heterocycles. The van der Waals surface area contributed by atoms with Crippen molar-refractivity contribution in [1.29, 1.82) is 0 Å². The smallest absolute Gasteiger partial charge is 0.225 e. The maximum Gasteiger partial charge on any atom is 0.225 e. The first-order chi connectivity index (χ1) is 11.3. The van der Waals surface area contributed by atoms with Crippen molar-refractivity contribution in [1.82, 2.24) is 14.9 Å². The summed E-state index contributed by atoms with van der Waals surface area (Å²) >= 11 is 0. The van der Waals surface area contributed by atoms with E-state index >= 15 is 0 Å². The van der Waals surface area contributed by atoms with Crippen LogP contribution in [0.15, 0.2) is 36.7 Å². The molecule has 1 N–H and O–H groups in total. The minimum absolute atomic E-state index is 0.215. The number of aromatic nitrogens is 2. The summed E-state index contributed by atoms with van der Waals surface area (Å²) in [6.45, 7) is 4.61. The van der Waals surface area contributed by atoms with Crippen molar-refractivity contribution in [2.45, 2.75) is 0 Å². The lowest BCUT2D eigenvalue weighted by molar-refractivity contribution is 0.188. The molecule has 1 aliphatic heterocycles. The molecule has 122 valence electrons. The summed E-state index contributed by atoms with van der Waals surface area (Å²) in [6.07, 6.45) is 3.73. The van der Waals surface area contributed by atoms with Gasteiger partial charge < -0.3 is 14.7 Å². The molecule has 1 fully saturated rings. The highest BCUT2D eigenvalue weighted by Crippen LogP contribution is 2.22. The quantitative estimate of drug-likeness (QED) is 0.897. The second kappa shape index (κ2) is 7.39. The fraction of sp³-hybridized carbons (Fsp3) is 0.412. The van der Waals surface area contributed by atoms with Gasteiger partial charge in [-0.3, -0.25) is 4.90 Å². The first-order valence-electron chi connectivity index (χ1n) is 7.85. The molecule has 0 radical (unpaired) electrons. The van der Waals surface area contributed by atoms with E-state index in [9.17, 15) is 0 Å². The highest BCUT2D eigenvalue weighted by Gasteiger charge is 2.18. The Kier molecular flexibility index (Phi) is 5.05. The SMILES string of the molecule is COc1ccc(-c2cnc(N3CCN(CCO)CC3)nc2)cc1. The summed E-state index contributed by atoms with van der Waals surface area (Å²) in [4.78, 5) is 13.5. The Morgan fingerprint density at radius 1 is 1.00 bits per heavy atom. The van der Waals surface area contributed by atoms with Gasteiger partial charge in [0.1, 0.15) is 5.75 Å². The zero-order valence-corrected chi connectivity index (χ0v) is 13.4. The van der Waals surface area contributed by atoms with Gasteiger partial charge in [-0.05, 0) is 17.7 Å². The number of β-amino-alcohol motifs (C(OH)–C–C–N with tert-alkyl or cyclic N) is 1. The van der Waals surface area contributed by atoms with Gasteiger partial charge in [0.05, 0.1) is 13.7 Å². The van der Waals surface area contributed by atoms with Crippen LogP contribution in [-0.2, 0) is 0 Å². The predicted octanol–water partition coefficient (Wildman–Crippen LogP) is 1.27. The molecule has 0 atom stereocenters. The van der Waals surface area contributed by atoms with Crippen molar-refractivity contribution in [2.24, 2.45) is 0 Å². The fourth-order valence-corrected chi connectivity index (χ4v) is 2.73. The van der Waals surface area contributed by atoms with Gasteiger partial charge in [0.2, 0.25) is 5.95 Å². The van der Waals surface area contributed by atoms with E-state index in [4.69, 9.17) is 9.84 Å². The normalized spacial score (nSPS) is 15.7. The third-order valence-corrected chi connectivity index (χ3v) is 4.13. The van der Waals surface area contributed by atoms with Crippen molar-refractivity contribution in [2.75, 3.05) is 51.3 Å². The third-order valence-electron chi connectivity index (χ3n) is 4.13. The number of rotatable bonds is 5. The molecular weight excluding hydrogens is 292 g/mol. The van der Waals surface area contributed by atoms with Gasteiger partial charge in [0, 0.05) is 50.7 Å². The topological polar surface area (TPSA) is 61.7 Å². The molecule has 6 nitrogen and oxygen atoms in total. The van der Waals surface area contributed by atoms with E-state index in [1.165, 1.54) is 0 Å². The van der Waals surface area contributed by atoms with Gasteiger partial charge in [0.25, 0.3) is 0 Å². The van der Waals surface area contributed by atoms with E-state index in [0.29, 0.717) is 0 Å². The number of benzene rings is 1. The number of nitrogens with zero attached hydrogens (tertiary/aromatic N) is 4. The van der Waals surface area contributed by atoms with Crippen molar-refractivity contribution >= 4 is 5.95 Å². The molecule has 0 amide bonds. The minimum Gasteiger partial charge on any atom is -0.497 e. The number of methoxy groups -OCH3 is 1. The van der Waals surface area contributed by atoms with E-state index in [1.54, 1.807) is 7.11 Å². The summed E-state index contributed by atoms with van der Waals surface area (Å²) in [5.74, 6) is 1.61. The van der Waals surface area contributed by atoms with Gasteiger partial charge in [-0.1, -0.05) is 12.1 Å². The molecule has 1 aromatic carbocycles. The minimum atomic E-state index is 0.215. The summed E-state index contributed by atoms with van der Waals surface area (Å²) in [7, 11) is 1.66. The zero-order valence-electron chi connectivity index (χ0n) is 13.4. The van der Waals surface area contributed by atoms with E-state index in [-0.39, 0.29) is 6.61 Å². The molecule has 6 heteroatoms. The van der Waals surface area contributed by atoms with Gasteiger partial charge >= 0.3 is 0 Å². The number of hydrogen-bond donors (Lipinski definition) is 1. The summed E-state index contributed by atoms with van der Waals surface area (Å²) in [6, 6.07) is 7.88. The molecule has 0 spiro atoms. The molecule has 1 aliphatic rings.